The second-order valence-electron chi connectivity index (χ2n) is 8.52. The molecule has 194 valence electrons. The molecule has 2 N–H and O–H groups in total. The number of H-pyrrole nitrogens is 1. The number of aromatic nitrogens is 3. The molecule has 4 heterocycles. The van der Waals surface area contributed by atoms with E-state index in [-0.39, 0.29) is 35.5 Å². The number of rotatable bonds is 6. The Morgan fingerprint density at radius 3 is 2.45 bits per heavy atom. The number of thiazole rings is 1. The first kappa shape index (κ1) is 25.1. The number of nitrogens with zero attached hydrogens (tertiary/aromatic N) is 4. The van der Waals surface area contributed by atoms with E-state index in [4.69, 9.17) is 4.74 Å². The summed E-state index contributed by atoms with van der Waals surface area (Å²) in [6.07, 6.45) is 2.92. The van der Waals surface area contributed by atoms with E-state index in [0.717, 1.165) is 0 Å². The molecule has 11 nitrogen and oxygen atoms in total. The maximum absolute atomic E-state index is 13.4. The Hall–Kier alpha value is -4.58. The monoisotopic (exact) mass is 532 g/mol. The van der Waals surface area contributed by atoms with Gasteiger partial charge in [-0.3, -0.25) is 19.2 Å². The van der Waals surface area contributed by atoms with Crippen molar-refractivity contribution in [2.75, 3.05) is 40.3 Å². The highest BCUT2D eigenvalue weighted by molar-refractivity contribution is 7.12. The SMILES string of the molecule is CNC(=O)c1nc(-c2ncc(OC)c3c(C(=O)C(=O)N4CCN(C(=O)c5ccccc5)CC4)c[nH]c23)cs1. The second kappa shape index (κ2) is 10.4. The topological polar surface area (TPSA) is 138 Å². The number of carbonyl (C=O) groups is 4. The minimum Gasteiger partial charge on any atom is -0.494 e. The van der Waals surface area contributed by atoms with E-state index in [1.165, 1.54) is 42.8 Å². The first-order chi connectivity index (χ1) is 18.4. The van der Waals surface area contributed by atoms with Crippen LogP contribution in [0.15, 0.2) is 48.1 Å². The molecule has 0 saturated carbocycles. The highest BCUT2D eigenvalue weighted by atomic mass is 32.1. The first-order valence-electron chi connectivity index (χ1n) is 11.8. The van der Waals surface area contributed by atoms with E-state index >= 15 is 0 Å². The van der Waals surface area contributed by atoms with Gasteiger partial charge in [-0.2, -0.15) is 0 Å². The lowest BCUT2D eigenvalue weighted by Crippen LogP contribution is -2.52. The molecule has 1 aliphatic heterocycles. The molecule has 4 aromatic rings. The number of hydrogen-bond acceptors (Lipinski definition) is 8. The van der Waals surface area contributed by atoms with E-state index in [1.54, 1.807) is 34.5 Å². The zero-order valence-electron chi connectivity index (χ0n) is 20.7. The Kier molecular flexibility index (Phi) is 6.88. The normalized spacial score (nSPS) is 13.4. The molecule has 3 amide bonds. The summed E-state index contributed by atoms with van der Waals surface area (Å²) in [5.41, 5.74) is 2.07. The molecule has 12 heteroatoms. The van der Waals surface area contributed by atoms with Crippen molar-refractivity contribution in [3.8, 4) is 17.1 Å². The molecule has 1 saturated heterocycles. The highest BCUT2D eigenvalue weighted by Gasteiger charge is 2.31. The Morgan fingerprint density at radius 2 is 1.76 bits per heavy atom. The number of pyridine rings is 1. The summed E-state index contributed by atoms with van der Waals surface area (Å²) in [5.74, 6) is -1.45. The average Bonchev–Trinajstić information content (AvgIpc) is 3.64. The standard InChI is InChI=1S/C26H24N6O5S/c1-27-23(34)24-30-17(14-38-24)20-21-19(18(37-2)13-29-20)16(12-28-21)22(33)26(36)32-10-8-31(9-11-32)25(35)15-6-4-3-5-7-15/h3-7,12-14,28H,8-11H2,1-2H3,(H,27,34). The Bertz CT molecular complexity index is 1540. The predicted molar refractivity (Wildman–Crippen MR) is 140 cm³/mol. The predicted octanol–water partition coefficient (Wildman–Crippen LogP) is 2.22. The summed E-state index contributed by atoms with van der Waals surface area (Å²) in [6.45, 7) is 1.15. The van der Waals surface area contributed by atoms with Crippen LogP contribution >= 0.6 is 11.3 Å². The van der Waals surface area contributed by atoms with Gasteiger partial charge in [-0.05, 0) is 12.1 Å². The van der Waals surface area contributed by atoms with Crippen molar-refractivity contribution >= 4 is 45.7 Å². The third kappa shape index (κ3) is 4.50. The fourth-order valence-corrected chi connectivity index (χ4v) is 5.12. The van der Waals surface area contributed by atoms with Crippen LogP contribution in [0.5, 0.6) is 5.75 Å². The molecular weight excluding hydrogens is 508 g/mol. The number of ether oxygens (including phenoxy) is 1. The van der Waals surface area contributed by atoms with Gasteiger partial charge in [0.2, 0.25) is 0 Å². The van der Waals surface area contributed by atoms with Crippen LogP contribution < -0.4 is 10.1 Å². The van der Waals surface area contributed by atoms with Gasteiger partial charge in [-0.25, -0.2) is 9.97 Å². The number of benzene rings is 1. The van der Waals surface area contributed by atoms with Crippen molar-refractivity contribution in [2.24, 2.45) is 0 Å². The first-order valence-corrected chi connectivity index (χ1v) is 12.7. The number of methoxy groups -OCH3 is 1. The number of carbonyl (C=O) groups excluding carboxylic acids is 4. The van der Waals surface area contributed by atoms with Crippen molar-refractivity contribution < 1.29 is 23.9 Å². The van der Waals surface area contributed by atoms with E-state index in [2.05, 4.69) is 20.3 Å². The molecule has 3 aromatic heterocycles. The van der Waals surface area contributed by atoms with Gasteiger partial charge in [-0.15, -0.1) is 11.3 Å². The van der Waals surface area contributed by atoms with Gasteiger partial charge in [-0.1, -0.05) is 18.2 Å². The lowest BCUT2D eigenvalue weighted by molar-refractivity contribution is -0.127. The molecule has 1 aliphatic rings. The van der Waals surface area contributed by atoms with Crippen molar-refractivity contribution in [1.82, 2.24) is 30.1 Å². The van der Waals surface area contributed by atoms with Crippen molar-refractivity contribution in [3.63, 3.8) is 0 Å². The highest BCUT2D eigenvalue weighted by Crippen LogP contribution is 2.35. The zero-order valence-corrected chi connectivity index (χ0v) is 21.5. The molecule has 1 aromatic carbocycles. The number of nitrogens with one attached hydrogen (secondary N) is 2. The number of hydrogen-bond donors (Lipinski definition) is 2. The molecule has 0 bridgehead atoms. The van der Waals surface area contributed by atoms with Gasteiger partial charge in [0, 0.05) is 50.4 Å². The number of fused-ring (bicyclic) bond motifs is 1. The number of aromatic amines is 1. The molecular formula is C26H24N6O5S. The molecule has 5 rings (SSSR count). The van der Waals surface area contributed by atoms with Gasteiger partial charge in [0.25, 0.3) is 23.5 Å². The maximum Gasteiger partial charge on any atom is 0.295 e. The number of ketones is 1. The molecule has 0 unspecified atom stereocenters. The summed E-state index contributed by atoms with van der Waals surface area (Å²) >= 11 is 1.17. The summed E-state index contributed by atoms with van der Waals surface area (Å²) in [5, 5.41) is 4.91. The summed E-state index contributed by atoms with van der Waals surface area (Å²) in [7, 11) is 2.98. The van der Waals surface area contributed by atoms with E-state index in [9.17, 15) is 19.2 Å². The lowest BCUT2D eigenvalue weighted by atomic mass is 10.1. The minimum absolute atomic E-state index is 0.105. The van der Waals surface area contributed by atoms with E-state index in [1.807, 2.05) is 6.07 Å². The molecule has 1 fully saturated rings. The minimum atomic E-state index is -0.695. The van der Waals surface area contributed by atoms with Crippen LogP contribution in [0.1, 0.15) is 30.5 Å². The quantitative estimate of drug-likeness (QED) is 0.287. The van der Waals surface area contributed by atoms with Crippen LogP contribution in [0, 0.1) is 0 Å². The van der Waals surface area contributed by atoms with Crippen LogP contribution in [0.3, 0.4) is 0 Å². The number of Topliss-reactive ketones (excluding diaryl/α,β-unsaturated/α-hetero) is 1. The van der Waals surface area contributed by atoms with E-state index < -0.39 is 11.7 Å². The largest absolute Gasteiger partial charge is 0.494 e. The maximum atomic E-state index is 13.4. The van der Waals surface area contributed by atoms with Gasteiger partial charge in [0.15, 0.2) is 5.01 Å². The van der Waals surface area contributed by atoms with Crippen LogP contribution in [-0.2, 0) is 4.79 Å². The molecule has 0 aliphatic carbocycles. The van der Waals surface area contributed by atoms with Gasteiger partial charge < -0.3 is 24.8 Å². The smallest absolute Gasteiger partial charge is 0.295 e. The van der Waals surface area contributed by atoms with Crippen LogP contribution in [-0.4, -0.2) is 88.6 Å². The fourth-order valence-electron chi connectivity index (χ4n) is 4.37. The third-order valence-corrected chi connectivity index (χ3v) is 7.22. The molecule has 0 atom stereocenters. The van der Waals surface area contributed by atoms with Crippen LogP contribution in [0.4, 0.5) is 0 Å². The van der Waals surface area contributed by atoms with Gasteiger partial charge in [0.05, 0.1) is 29.8 Å². The van der Waals surface area contributed by atoms with Crippen molar-refractivity contribution in [1.29, 1.82) is 0 Å². The lowest BCUT2D eigenvalue weighted by Gasteiger charge is -2.34. The fraction of sp³-hybridized carbons (Fsp3) is 0.231. The van der Waals surface area contributed by atoms with E-state index in [0.29, 0.717) is 46.7 Å². The Morgan fingerprint density at radius 1 is 1.05 bits per heavy atom. The number of amides is 3. The van der Waals surface area contributed by atoms with Crippen molar-refractivity contribution in [3.05, 3.63) is 64.2 Å². The van der Waals surface area contributed by atoms with Crippen LogP contribution in [0.2, 0.25) is 0 Å². The summed E-state index contributed by atoms with van der Waals surface area (Å²) in [4.78, 5) is 66.2. The average molecular weight is 533 g/mol. The van der Waals surface area contributed by atoms with Gasteiger partial charge >= 0.3 is 0 Å². The van der Waals surface area contributed by atoms with Crippen molar-refractivity contribution in [2.45, 2.75) is 0 Å². The van der Waals surface area contributed by atoms with Gasteiger partial charge in [0.1, 0.15) is 17.1 Å². The Balaban J connectivity index is 1.37. The molecule has 0 radical (unpaired) electrons. The number of piperazine rings is 1. The second-order valence-corrected chi connectivity index (χ2v) is 9.38. The zero-order chi connectivity index (χ0) is 26.8. The molecule has 0 spiro atoms. The Labute approximate surface area is 221 Å². The summed E-state index contributed by atoms with van der Waals surface area (Å²) < 4.78 is 5.45. The summed E-state index contributed by atoms with van der Waals surface area (Å²) in [6, 6.07) is 8.95. The molecule has 38 heavy (non-hydrogen) atoms. The third-order valence-electron chi connectivity index (χ3n) is 6.38. The van der Waals surface area contributed by atoms with Crippen LogP contribution in [0.25, 0.3) is 22.3 Å².